The molecule has 0 bridgehead atoms. The van der Waals surface area contributed by atoms with Crippen molar-refractivity contribution in [3.63, 3.8) is 0 Å². The lowest BCUT2D eigenvalue weighted by atomic mass is 10.0. The molecule has 2 rings (SSSR count). The van der Waals surface area contributed by atoms with Gasteiger partial charge in [0.2, 0.25) is 0 Å². The van der Waals surface area contributed by atoms with Crippen LogP contribution in [0.1, 0.15) is 22.4 Å². The number of hydrogen-bond acceptors (Lipinski definition) is 5. The number of aryl methyl sites for hydroxylation is 1. The number of rotatable bonds is 7. The van der Waals surface area contributed by atoms with Gasteiger partial charge in [0.25, 0.3) is 0 Å². The highest BCUT2D eigenvalue weighted by Gasteiger charge is 2.15. The molecule has 0 amide bonds. The SMILES string of the molecule is COCCOc1ccccc1C(O)Cc1csc(C)n1. The number of methoxy groups -OCH3 is 1. The van der Waals surface area contributed by atoms with Crippen LogP contribution in [0.2, 0.25) is 0 Å². The highest BCUT2D eigenvalue weighted by molar-refractivity contribution is 7.09. The van der Waals surface area contributed by atoms with Crippen LogP contribution in [0.25, 0.3) is 0 Å². The van der Waals surface area contributed by atoms with Crippen molar-refractivity contribution < 1.29 is 14.6 Å². The average Bonchev–Trinajstić information content (AvgIpc) is 2.85. The molecule has 108 valence electrons. The van der Waals surface area contributed by atoms with Crippen molar-refractivity contribution in [1.29, 1.82) is 0 Å². The van der Waals surface area contributed by atoms with Crippen molar-refractivity contribution in [2.75, 3.05) is 20.3 Å². The Morgan fingerprint density at radius 2 is 2.10 bits per heavy atom. The molecular formula is C15H19NO3S. The molecule has 1 heterocycles. The first-order valence-corrected chi connectivity index (χ1v) is 7.38. The first-order chi connectivity index (χ1) is 9.70. The predicted octanol–water partition coefficient (Wildman–Crippen LogP) is 2.75. The molecule has 0 radical (unpaired) electrons. The second-order valence-corrected chi connectivity index (χ2v) is 5.52. The molecule has 1 N–H and O–H groups in total. The smallest absolute Gasteiger partial charge is 0.125 e. The molecule has 20 heavy (non-hydrogen) atoms. The van der Waals surface area contributed by atoms with E-state index in [1.165, 1.54) is 0 Å². The van der Waals surface area contributed by atoms with Gasteiger partial charge < -0.3 is 14.6 Å². The largest absolute Gasteiger partial charge is 0.491 e. The van der Waals surface area contributed by atoms with E-state index in [0.29, 0.717) is 25.4 Å². The Hall–Kier alpha value is -1.43. The summed E-state index contributed by atoms with van der Waals surface area (Å²) in [4.78, 5) is 4.38. The first-order valence-electron chi connectivity index (χ1n) is 6.50. The second kappa shape index (κ2) is 7.38. The lowest BCUT2D eigenvalue weighted by molar-refractivity contribution is 0.138. The molecule has 2 aromatic rings. The molecule has 0 aliphatic heterocycles. The van der Waals surface area contributed by atoms with Crippen LogP contribution in [0.4, 0.5) is 0 Å². The Morgan fingerprint density at radius 3 is 2.80 bits per heavy atom. The molecule has 1 atom stereocenters. The third-order valence-corrected chi connectivity index (χ3v) is 3.71. The van der Waals surface area contributed by atoms with Gasteiger partial charge in [-0.15, -0.1) is 11.3 Å². The Labute approximate surface area is 123 Å². The monoisotopic (exact) mass is 293 g/mol. The van der Waals surface area contributed by atoms with Crippen LogP contribution in [0, 0.1) is 6.92 Å². The Balaban J connectivity index is 2.06. The number of ether oxygens (including phenoxy) is 2. The molecule has 5 heteroatoms. The molecule has 0 spiro atoms. The lowest BCUT2D eigenvalue weighted by Gasteiger charge is -2.15. The van der Waals surface area contributed by atoms with Crippen molar-refractivity contribution in [1.82, 2.24) is 4.98 Å². The van der Waals surface area contributed by atoms with E-state index in [1.54, 1.807) is 18.4 Å². The highest BCUT2D eigenvalue weighted by Crippen LogP contribution is 2.27. The maximum atomic E-state index is 10.4. The summed E-state index contributed by atoms with van der Waals surface area (Å²) in [6.45, 7) is 2.95. The molecule has 0 fully saturated rings. The van der Waals surface area contributed by atoms with Gasteiger partial charge in [0.1, 0.15) is 12.4 Å². The Kier molecular flexibility index (Phi) is 5.52. The quantitative estimate of drug-likeness (QED) is 0.798. The number of benzene rings is 1. The molecule has 0 aliphatic carbocycles. The van der Waals surface area contributed by atoms with Crippen LogP contribution in [0.3, 0.4) is 0 Å². The van der Waals surface area contributed by atoms with Crippen molar-refractivity contribution in [3.8, 4) is 5.75 Å². The van der Waals surface area contributed by atoms with Crippen molar-refractivity contribution in [3.05, 3.63) is 45.9 Å². The minimum absolute atomic E-state index is 0.468. The van der Waals surface area contributed by atoms with Gasteiger partial charge in [-0.3, -0.25) is 0 Å². The van der Waals surface area contributed by atoms with E-state index in [1.807, 2.05) is 36.6 Å². The van der Waals surface area contributed by atoms with E-state index >= 15 is 0 Å². The van der Waals surface area contributed by atoms with Crippen LogP contribution in [0.5, 0.6) is 5.75 Å². The summed E-state index contributed by atoms with van der Waals surface area (Å²) in [7, 11) is 1.63. The molecule has 0 saturated carbocycles. The van der Waals surface area contributed by atoms with Crippen molar-refractivity contribution >= 4 is 11.3 Å². The lowest BCUT2D eigenvalue weighted by Crippen LogP contribution is -2.09. The number of aromatic nitrogens is 1. The summed E-state index contributed by atoms with van der Waals surface area (Å²) in [5.41, 5.74) is 1.70. The average molecular weight is 293 g/mol. The Morgan fingerprint density at radius 1 is 1.30 bits per heavy atom. The summed E-state index contributed by atoms with van der Waals surface area (Å²) in [6, 6.07) is 7.53. The zero-order valence-electron chi connectivity index (χ0n) is 11.7. The van der Waals surface area contributed by atoms with Gasteiger partial charge in [-0.25, -0.2) is 4.98 Å². The van der Waals surface area contributed by atoms with E-state index in [9.17, 15) is 5.11 Å². The van der Waals surface area contributed by atoms with Gasteiger partial charge in [-0.05, 0) is 13.0 Å². The summed E-state index contributed by atoms with van der Waals surface area (Å²) >= 11 is 1.59. The fraction of sp³-hybridized carbons (Fsp3) is 0.400. The van der Waals surface area contributed by atoms with Crippen LogP contribution in [-0.4, -0.2) is 30.4 Å². The fourth-order valence-corrected chi connectivity index (χ4v) is 2.56. The fourth-order valence-electron chi connectivity index (χ4n) is 1.93. The molecule has 4 nitrogen and oxygen atoms in total. The van der Waals surface area contributed by atoms with E-state index in [2.05, 4.69) is 4.98 Å². The van der Waals surface area contributed by atoms with Gasteiger partial charge in [-0.2, -0.15) is 0 Å². The van der Waals surface area contributed by atoms with Gasteiger partial charge >= 0.3 is 0 Å². The standard InChI is InChI=1S/C15H19NO3S/c1-11-16-12(10-20-11)9-14(17)13-5-3-4-6-15(13)19-8-7-18-2/h3-6,10,14,17H,7-9H2,1-2H3. The van der Waals surface area contributed by atoms with Crippen LogP contribution in [0.15, 0.2) is 29.6 Å². The minimum Gasteiger partial charge on any atom is -0.491 e. The minimum atomic E-state index is -0.616. The van der Waals surface area contributed by atoms with E-state index in [0.717, 1.165) is 16.3 Å². The zero-order chi connectivity index (χ0) is 14.4. The molecular weight excluding hydrogens is 274 g/mol. The van der Waals surface area contributed by atoms with Gasteiger partial charge in [0.05, 0.1) is 23.4 Å². The summed E-state index contributed by atoms with van der Waals surface area (Å²) < 4.78 is 10.6. The number of aliphatic hydroxyl groups is 1. The predicted molar refractivity (Wildman–Crippen MR) is 79.3 cm³/mol. The molecule has 0 aliphatic rings. The third kappa shape index (κ3) is 4.03. The molecule has 1 unspecified atom stereocenters. The van der Waals surface area contributed by atoms with Gasteiger partial charge in [0.15, 0.2) is 0 Å². The highest BCUT2D eigenvalue weighted by atomic mass is 32.1. The maximum absolute atomic E-state index is 10.4. The number of thiazole rings is 1. The van der Waals surface area contributed by atoms with Crippen molar-refractivity contribution in [2.24, 2.45) is 0 Å². The number of nitrogens with zero attached hydrogens (tertiary/aromatic N) is 1. The molecule has 1 aromatic carbocycles. The number of aliphatic hydroxyl groups excluding tert-OH is 1. The van der Waals surface area contributed by atoms with E-state index < -0.39 is 6.10 Å². The second-order valence-electron chi connectivity index (χ2n) is 4.46. The Bertz CT molecular complexity index is 541. The molecule has 0 saturated heterocycles. The van der Waals surface area contributed by atoms with Gasteiger partial charge in [0, 0.05) is 24.5 Å². The van der Waals surface area contributed by atoms with E-state index in [4.69, 9.17) is 9.47 Å². The zero-order valence-corrected chi connectivity index (χ0v) is 12.5. The summed E-state index contributed by atoms with van der Waals surface area (Å²) in [5, 5.41) is 13.4. The normalized spacial score (nSPS) is 12.3. The number of hydrogen-bond donors (Lipinski definition) is 1. The van der Waals surface area contributed by atoms with Crippen LogP contribution >= 0.6 is 11.3 Å². The summed E-state index contributed by atoms with van der Waals surface area (Å²) in [6.07, 6.45) is -0.120. The maximum Gasteiger partial charge on any atom is 0.125 e. The van der Waals surface area contributed by atoms with Crippen LogP contribution < -0.4 is 4.74 Å². The van der Waals surface area contributed by atoms with Crippen molar-refractivity contribution in [2.45, 2.75) is 19.4 Å². The van der Waals surface area contributed by atoms with E-state index in [-0.39, 0.29) is 0 Å². The number of para-hydroxylation sites is 1. The summed E-state index contributed by atoms with van der Waals surface area (Å²) in [5.74, 6) is 0.698. The topological polar surface area (TPSA) is 51.6 Å². The molecule has 1 aromatic heterocycles. The first kappa shape index (κ1) is 15.0. The third-order valence-electron chi connectivity index (χ3n) is 2.89. The van der Waals surface area contributed by atoms with Crippen LogP contribution in [-0.2, 0) is 11.2 Å². The van der Waals surface area contributed by atoms with Gasteiger partial charge in [-0.1, -0.05) is 18.2 Å².